The summed E-state index contributed by atoms with van der Waals surface area (Å²) < 4.78 is 9.76. The van der Waals surface area contributed by atoms with E-state index in [0.717, 1.165) is 56.6 Å². The zero-order chi connectivity index (χ0) is 23.4. The molecule has 35 heavy (non-hydrogen) atoms. The Morgan fingerprint density at radius 2 is 1.97 bits per heavy atom. The number of hydrogen-bond acceptors (Lipinski definition) is 7. The Balaban J connectivity index is 1.29. The maximum Gasteiger partial charge on any atom is 0.278 e. The van der Waals surface area contributed by atoms with E-state index in [9.17, 15) is 4.79 Å². The van der Waals surface area contributed by atoms with Crippen molar-refractivity contribution in [3.63, 3.8) is 0 Å². The van der Waals surface area contributed by atoms with E-state index in [2.05, 4.69) is 38.8 Å². The number of nitrogens with zero attached hydrogens (tertiary/aromatic N) is 5. The summed E-state index contributed by atoms with van der Waals surface area (Å²) in [7, 11) is 0. The van der Waals surface area contributed by atoms with Gasteiger partial charge in [0.2, 0.25) is 11.8 Å². The number of ether oxygens (including phenoxy) is 1. The van der Waals surface area contributed by atoms with E-state index >= 15 is 0 Å². The molecule has 0 saturated heterocycles. The van der Waals surface area contributed by atoms with Crippen LogP contribution in [0.2, 0.25) is 0 Å². The van der Waals surface area contributed by atoms with Crippen molar-refractivity contribution in [1.82, 2.24) is 29.6 Å². The minimum Gasteiger partial charge on any atom is -0.474 e. The first-order valence-corrected chi connectivity index (χ1v) is 12.5. The van der Waals surface area contributed by atoms with Crippen molar-refractivity contribution in [2.75, 3.05) is 11.9 Å². The first-order valence-electron chi connectivity index (χ1n) is 12.5. The molecule has 7 rings (SSSR count). The number of rotatable bonds is 6. The van der Waals surface area contributed by atoms with Gasteiger partial charge >= 0.3 is 0 Å². The predicted octanol–water partition coefficient (Wildman–Crippen LogP) is 3.63. The minimum atomic E-state index is -0.0615. The Kier molecular flexibility index (Phi) is 4.83. The van der Waals surface area contributed by atoms with Gasteiger partial charge in [0, 0.05) is 30.7 Å². The van der Waals surface area contributed by atoms with Crippen LogP contribution in [0.5, 0.6) is 5.88 Å². The van der Waals surface area contributed by atoms with Gasteiger partial charge in [-0.25, -0.2) is 19.3 Å². The van der Waals surface area contributed by atoms with Crippen molar-refractivity contribution in [2.24, 2.45) is 0 Å². The van der Waals surface area contributed by atoms with Gasteiger partial charge in [0.25, 0.3) is 5.56 Å². The van der Waals surface area contributed by atoms with Gasteiger partial charge in [0.15, 0.2) is 5.65 Å². The summed E-state index contributed by atoms with van der Waals surface area (Å²) in [6.45, 7) is 1.88. The number of anilines is 2. The van der Waals surface area contributed by atoms with Gasteiger partial charge in [-0.1, -0.05) is 6.07 Å². The summed E-state index contributed by atoms with van der Waals surface area (Å²) in [6, 6.07) is 10.3. The van der Waals surface area contributed by atoms with Crippen LogP contribution in [0.25, 0.3) is 16.7 Å². The molecule has 9 heteroatoms. The lowest BCUT2D eigenvalue weighted by Crippen LogP contribution is -2.25. The summed E-state index contributed by atoms with van der Waals surface area (Å²) in [5.41, 5.74) is 4.95. The van der Waals surface area contributed by atoms with Gasteiger partial charge < -0.3 is 15.4 Å². The van der Waals surface area contributed by atoms with E-state index in [-0.39, 0.29) is 17.7 Å². The maximum atomic E-state index is 13.3. The van der Waals surface area contributed by atoms with Gasteiger partial charge in [-0.3, -0.25) is 4.79 Å². The summed E-state index contributed by atoms with van der Waals surface area (Å²) in [6.07, 6.45) is 9.89. The molecule has 0 bridgehead atoms. The molecule has 0 radical (unpaired) electrons. The second-order valence-corrected chi connectivity index (χ2v) is 9.68. The molecule has 2 fully saturated rings. The quantitative estimate of drug-likeness (QED) is 0.445. The second kappa shape index (κ2) is 8.20. The van der Waals surface area contributed by atoms with Gasteiger partial charge in [0.05, 0.1) is 11.7 Å². The Morgan fingerprint density at radius 1 is 1.06 bits per heavy atom. The molecule has 2 saturated carbocycles. The number of fused-ring (bicyclic) bond motifs is 2. The third-order valence-electron chi connectivity index (χ3n) is 7.17. The monoisotopic (exact) mass is 469 g/mol. The molecule has 4 aromatic rings. The summed E-state index contributed by atoms with van der Waals surface area (Å²) >= 11 is 0. The van der Waals surface area contributed by atoms with E-state index in [0.29, 0.717) is 22.9 Å². The topological polar surface area (TPSA) is 98.9 Å². The van der Waals surface area contributed by atoms with Crippen LogP contribution >= 0.6 is 0 Å². The molecular weight excluding hydrogens is 442 g/mol. The van der Waals surface area contributed by atoms with E-state index in [1.165, 1.54) is 17.5 Å². The van der Waals surface area contributed by atoms with Gasteiger partial charge in [0.1, 0.15) is 11.5 Å². The van der Waals surface area contributed by atoms with Crippen molar-refractivity contribution in [3.8, 4) is 11.6 Å². The molecule has 178 valence electrons. The van der Waals surface area contributed by atoms with Crippen LogP contribution in [0, 0.1) is 0 Å². The fourth-order valence-corrected chi connectivity index (χ4v) is 4.90. The standard InChI is InChI=1S/C26H27N7O2/c34-25-22-15-29-26(30-18-5-4-17-14-27-10-8-16(17)12-18)31-24(22)32(33(25)19-6-7-19)20-9-11-28-23(13-20)35-21-2-1-3-21/h4-5,9,11-13,15,19,21,27H,1-3,6-8,10,14H2,(H,29,30,31). The summed E-state index contributed by atoms with van der Waals surface area (Å²) in [5.74, 6) is 1.05. The molecule has 0 spiro atoms. The number of aromatic nitrogens is 5. The van der Waals surface area contributed by atoms with E-state index in [1.807, 2.05) is 21.5 Å². The zero-order valence-electron chi connectivity index (χ0n) is 19.4. The Bertz CT molecular complexity index is 1480. The van der Waals surface area contributed by atoms with E-state index < -0.39 is 0 Å². The van der Waals surface area contributed by atoms with Crippen molar-refractivity contribution < 1.29 is 4.74 Å². The third kappa shape index (κ3) is 3.76. The first-order chi connectivity index (χ1) is 17.2. The number of benzene rings is 1. The highest BCUT2D eigenvalue weighted by molar-refractivity contribution is 5.77. The average Bonchev–Trinajstić information content (AvgIpc) is 3.65. The van der Waals surface area contributed by atoms with Crippen molar-refractivity contribution in [2.45, 2.75) is 57.2 Å². The molecule has 2 N–H and O–H groups in total. The van der Waals surface area contributed by atoms with Crippen LogP contribution in [-0.4, -0.2) is 37.0 Å². The van der Waals surface area contributed by atoms with Crippen molar-refractivity contribution in [3.05, 3.63) is 64.2 Å². The predicted molar refractivity (Wildman–Crippen MR) is 133 cm³/mol. The normalized spacial score (nSPS) is 17.7. The molecule has 1 aromatic carbocycles. The summed E-state index contributed by atoms with van der Waals surface area (Å²) in [4.78, 5) is 27.0. The van der Waals surface area contributed by atoms with Gasteiger partial charge in [-0.05, 0) is 74.4 Å². The van der Waals surface area contributed by atoms with Crippen LogP contribution < -0.4 is 20.9 Å². The summed E-state index contributed by atoms with van der Waals surface area (Å²) in [5, 5.41) is 7.26. The Morgan fingerprint density at radius 3 is 2.80 bits per heavy atom. The van der Waals surface area contributed by atoms with E-state index in [4.69, 9.17) is 9.72 Å². The fraction of sp³-hybridized carbons (Fsp3) is 0.385. The molecule has 9 nitrogen and oxygen atoms in total. The Labute approximate surface area is 202 Å². The molecule has 0 atom stereocenters. The van der Waals surface area contributed by atoms with Gasteiger partial charge in [-0.15, -0.1) is 0 Å². The first kappa shape index (κ1) is 20.6. The highest BCUT2D eigenvalue weighted by atomic mass is 16.5. The molecular formula is C26H27N7O2. The fourth-order valence-electron chi connectivity index (χ4n) is 4.90. The molecule has 0 unspecified atom stereocenters. The average molecular weight is 470 g/mol. The van der Waals surface area contributed by atoms with Crippen LogP contribution in [0.3, 0.4) is 0 Å². The molecule has 3 aromatic heterocycles. The Hall–Kier alpha value is -3.72. The molecule has 3 aliphatic rings. The van der Waals surface area contributed by atoms with E-state index in [1.54, 1.807) is 12.4 Å². The molecule has 4 heterocycles. The number of pyridine rings is 1. The lowest BCUT2D eigenvalue weighted by molar-refractivity contribution is 0.114. The third-order valence-corrected chi connectivity index (χ3v) is 7.17. The molecule has 1 aliphatic heterocycles. The number of hydrogen-bond donors (Lipinski definition) is 2. The lowest BCUT2D eigenvalue weighted by atomic mass is 9.96. The van der Waals surface area contributed by atoms with Crippen molar-refractivity contribution >= 4 is 22.7 Å². The minimum absolute atomic E-state index is 0.0615. The second-order valence-electron chi connectivity index (χ2n) is 9.68. The van der Waals surface area contributed by atoms with Gasteiger partial charge in [-0.2, -0.15) is 4.98 Å². The van der Waals surface area contributed by atoms with Crippen LogP contribution in [0.4, 0.5) is 11.6 Å². The largest absolute Gasteiger partial charge is 0.474 e. The van der Waals surface area contributed by atoms with Crippen LogP contribution in [-0.2, 0) is 13.0 Å². The van der Waals surface area contributed by atoms with Crippen LogP contribution in [0.1, 0.15) is 49.3 Å². The molecule has 0 amide bonds. The highest BCUT2D eigenvalue weighted by Gasteiger charge is 2.31. The van der Waals surface area contributed by atoms with Crippen molar-refractivity contribution in [1.29, 1.82) is 0 Å². The lowest BCUT2D eigenvalue weighted by Gasteiger charge is -2.25. The SMILES string of the molecule is O=c1c2cnc(Nc3ccc4c(c3)CCNC4)nc2n(-c2ccnc(OC3CCC3)c2)n1C1CC1. The van der Waals surface area contributed by atoms with Crippen LogP contribution in [0.15, 0.2) is 47.5 Å². The smallest absolute Gasteiger partial charge is 0.278 e. The molecule has 2 aliphatic carbocycles. The maximum absolute atomic E-state index is 13.3. The zero-order valence-corrected chi connectivity index (χ0v) is 19.4. The number of nitrogens with one attached hydrogen (secondary N) is 2. The highest BCUT2D eigenvalue weighted by Crippen LogP contribution is 2.36.